The van der Waals surface area contributed by atoms with Crippen LogP contribution in [0.2, 0.25) is 0 Å². The van der Waals surface area contributed by atoms with Gasteiger partial charge in [-0.05, 0) is 32.6 Å². The molecular formula is C13H16F2N2O. The highest BCUT2D eigenvalue weighted by molar-refractivity contribution is 5.94. The number of likely N-dealkylation sites (tertiary alicyclic amines) is 1. The van der Waals surface area contributed by atoms with Gasteiger partial charge in [0.2, 0.25) is 0 Å². The first kappa shape index (κ1) is 13.0. The second-order valence-corrected chi connectivity index (χ2v) is 4.82. The van der Waals surface area contributed by atoms with Gasteiger partial charge in [-0.3, -0.25) is 4.79 Å². The molecule has 18 heavy (non-hydrogen) atoms. The van der Waals surface area contributed by atoms with Gasteiger partial charge in [-0.2, -0.15) is 0 Å². The molecule has 1 aromatic rings. The Morgan fingerprint density at radius 3 is 2.39 bits per heavy atom. The minimum atomic E-state index is -0.721. The number of halogens is 2. The van der Waals surface area contributed by atoms with Crippen LogP contribution in [0.5, 0.6) is 0 Å². The van der Waals surface area contributed by atoms with Crippen LogP contribution in [0.3, 0.4) is 0 Å². The van der Waals surface area contributed by atoms with E-state index in [9.17, 15) is 13.6 Å². The summed E-state index contributed by atoms with van der Waals surface area (Å²) in [5.74, 6) is -1.75. The maximum Gasteiger partial charge on any atom is 0.254 e. The molecule has 2 rings (SSSR count). The molecule has 0 aromatic heterocycles. The van der Waals surface area contributed by atoms with Crippen LogP contribution in [0.15, 0.2) is 18.2 Å². The molecule has 0 bridgehead atoms. The van der Waals surface area contributed by atoms with Crippen molar-refractivity contribution in [2.45, 2.75) is 12.5 Å². The normalized spacial score (nSPS) is 19.6. The monoisotopic (exact) mass is 254 g/mol. The number of nitrogens with zero attached hydrogens (tertiary/aromatic N) is 2. The van der Waals surface area contributed by atoms with Crippen molar-refractivity contribution in [3.8, 4) is 0 Å². The summed E-state index contributed by atoms with van der Waals surface area (Å²) in [4.78, 5) is 15.8. The van der Waals surface area contributed by atoms with E-state index in [2.05, 4.69) is 4.90 Å². The van der Waals surface area contributed by atoms with E-state index in [1.807, 2.05) is 14.1 Å². The quantitative estimate of drug-likeness (QED) is 0.802. The zero-order chi connectivity index (χ0) is 13.3. The molecule has 1 atom stereocenters. The van der Waals surface area contributed by atoms with Crippen molar-refractivity contribution in [2.24, 2.45) is 0 Å². The van der Waals surface area contributed by atoms with Gasteiger partial charge in [-0.1, -0.05) is 0 Å². The first-order valence-corrected chi connectivity index (χ1v) is 5.89. The standard InChI is InChI=1S/C13H16F2N2O/c1-16(2)12-3-4-17(8-12)13(18)9-5-10(14)7-11(15)6-9/h5-7,12H,3-4,8H2,1-2H3. The second-order valence-electron chi connectivity index (χ2n) is 4.82. The summed E-state index contributed by atoms with van der Waals surface area (Å²) in [6, 6.07) is 3.24. The molecule has 1 fully saturated rings. The minimum absolute atomic E-state index is 0.0758. The highest BCUT2D eigenvalue weighted by Gasteiger charge is 2.28. The summed E-state index contributed by atoms with van der Waals surface area (Å²) in [5, 5.41) is 0. The van der Waals surface area contributed by atoms with Crippen molar-refractivity contribution in [2.75, 3.05) is 27.2 Å². The summed E-state index contributed by atoms with van der Waals surface area (Å²) >= 11 is 0. The predicted molar refractivity (Wildman–Crippen MR) is 64.4 cm³/mol. The lowest BCUT2D eigenvalue weighted by Gasteiger charge is -2.20. The SMILES string of the molecule is CN(C)C1CCN(C(=O)c2cc(F)cc(F)c2)C1. The first-order chi connectivity index (χ1) is 8.47. The molecule has 0 radical (unpaired) electrons. The largest absolute Gasteiger partial charge is 0.337 e. The fraction of sp³-hybridized carbons (Fsp3) is 0.462. The third-order valence-corrected chi connectivity index (χ3v) is 3.29. The van der Waals surface area contributed by atoms with Gasteiger partial charge >= 0.3 is 0 Å². The van der Waals surface area contributed by atoms with Crippen LogP contribution in [-0.2, 0) is 0 Å². The summed E-state index contributed by atoms with van der Waals surface area (Å²) < 4.78 is 26.1. The molecule has 1 amide bonds. The van der Waals surface area contributed by atoms with Crippen molar-refractivity contribution in [3.63, 3.8) is 0 Å². The van der Waals surface area contributed by atoms with E-state index in [1.54, 1.807) is 4.90 Å². The Balaban J connectivity index is 2.12. The topological polar surface area (TPSA) is 23.6 Å². The average Bonchev–Trinajstić information content (AvgIpc) is 2.75. The number of carbonyl (C=O) groups excluding carboxylic acids is 1. The molecule has 1 saturated heterocycles. The van der Waals surface area contributed by atoms with Gasteiger partial charge in [0, 0.05) is 30.8 Å². The maximum atomic E-state index is 13.1. The van der Waals surface area contributed by atoms with Gasteiger partial charge in [0.05, 0.1) is 0 Å². The van der Waals surface area contributed by atoms with Crippen LogP contribution >= 0.6 is 0 Å². The molecule has 3 nitrogen and oxygen atoms in total. The van der Waals surface area contributed by atoms with Crippen molar-refractivity contribution in [1.82, 2.24) is 9.80 Å². The Bertz CT molecular complexity index is 442. The number of hydrogen-bond donors (Lipinski definition) is 0. The lowest BCUT2D eigenvalue weighted by atomic mass is 10.2. The predicted octanol–water partition coefficient (Wildman–Crippen LogP) is 1.74. The fourth-order valence-corrected chi connectivity index (χ4v) is 2.21. The number of benzene rings is 1. The highest BCUT2D eigenvalue weighted by atomic mass is 19.1. The van der Waals surface area contributed by atoms with Crippen molar-refractivity contribution >= 4 is 5.91 Å². The third kappa shape index (κ3) is 2.67. The summed E-state index contributed by atoms with van der Waals surface area (Å²) in [7, 11) is 3.92. The fourth-order valence-electron chi connectivity index (χ4n) is 2.21. The lowest BCUT2D eigenvalue weighted by molar-refractivity contribution is 0.0782. The first-order valence-electron chi connectivity index (χ1n) is 5.89. The zero-order valence-electron chi connectivity index (χ0n) is 10.5. The Morgan fingerprint density at radius 1 is 1.28 bits per heavy atom. The van der Waals surface area contributed by atoms with Crippen molar-refractivity contribution < 1.29 is 13.6 Å². The van der Waals surface area contributed by atoms with Crippen LogP contribution in [0.1, 0.15) is 16.8 Å². The smallest absolute Gasteiger partial charge is 0.254 e. The maximum absolute atomic E-state index is 13.1. The van der Waals surface area contributed by atoms with Crippen molar-refractivity contribution in [3.05, 3.63) is 35.4 Å². The van der Waals surface area contributed by atoms with Crippen LogP contribution in [0, 0.1) is 11.6 Å². The number of hydrogen-bond acceptors (Lipinski definition) is 2. The van der Waals surface area contributed by atoms with Gasteiger partial charge in [0.1, 0.15) is 11.6 Å². The molecule has 1 aliphatic heterocycles. The number of amides is 1. The third-order valence-electron chi connectivity index (χ3n) is 3.29. The Hall–Kier alpha value is -1.49. The van der Waals surface area contributed by atoms with Gasteiger partial charge in [-0.15, -0.1) is 0 Å². The molecule has 1 aromatic carbocycles. The Morgan fingerprint density at radius 2 is 1.89 bits per heavy atom. The lowest BCUT2D eigenvalue weighted by Crippen LogP contribution is -2.34. The van der Waals surface area contributed by atoms with Gasteiger partial charge in [0.25, 0.3) is 5.91 Å². The van der Waals surface area contributed by atoms with Crippen LogP contribution in [-0.4, -0.2) is 48.9 Å². The summed E-state index contributed by atoms with van der Waals surface area (Å²) in [5.41, 5.74) is 0.0758. The molecule has 0 N–H and O–H groups in total. The van der Waals surface area contributed by atoms with E-state index >= 15 is 0 Å². The molecule has 1 unspecified atom stereocenters. The van der Waals surface area contributed by atoms with E-state index in [0.29, 0.717) is 19.1 Å². The molecule has 0 spiro atoms. The molecule has 0 saturated carbocycles. The molecule has 1 heterocycles. The highest BCUT2D eigenvalue weighted by Crippen LogP contribution is 2.17. The average molecular weight is 254 g/mol. The van der Waals surface area contributed by atoms with Crippen LogP contribution in [0.25, 0.3) is 0 Å². The molecular weight excluding hydrogens is 238 g/mol. The summed E-state index contributed by atoms with van der Waals surface area (Å²) in [6.07, 6.45) is 0.885. The van der Waals surface area contributed by atoms with Gasteiger partial charge in [-0.25, -0.2) is 8.78 Å². The number of carbonyl (C=O) groups is 1. The van der Waals surface area contributed by atoms with Crippen molar-refractivity contribution in [1.29, 1.82) is 0 Å². The van der Waals surface area contributed by atoms with E-state index in [0.717, 1.165) is 24.6 Å². The molecule has 98 valence electrons. The Kier molecular flexibility index (Phi) is 3.61. The summed E-state index contributed by atoms with van der Waals surface area (Å²) in [6.45, 7) is 1.23. The van der Waals surface area contributed by atoms with Gasteiger partial charge in [0.15, 0.2) is 0 Å². The molecule has 1 aliphatic rings. The Labute approximate surface area is 105 Å². The van der Waals surface area contributed by atoms with E-state index in [4.69, 9.17) is 0 Å². The molecule has 0 aliphatic carbocycles. The van der Waals surface area contributed by atoms with Crippen LogP contribution in [0.4, 0.5) is 8.78 Å². The number of likely N-dealkylation sites (N-methyl/N-ethyl adjacent to an activating group) is 1. The molecule has 5 heteroatoms. The van der Waals surface area contributed by atoms with Crippen LogP contribution < -0.4 is 0 Å². The zero-order valence-corrected chi connectivity index (χ0v) is 10.5. The second kappa shape index (κ2) is 5.02. The van der Waals surface area contributed by atoms with Gasteiger partial charge < -0.3 is 9.80 Å². The number of rotatable bonds is 2. The van der Waals surface area contributed by atoms with E-state index in [1.165, 1.54) is 0 Å². The van der Waals surface area contributed by atoms with E-state index < -0.39 is 11.6 Å². The van der Waals surface area contributed by atoms with E-state index in [-0.39, 0.29) is 11.5 Å². The minimum Gasteiger partial charge on any atom is -0.337 e.